The lowest BCUT2D eigenvalue weighted by molar-refractivity contribution is -0.117. The number of nitrogens with zero attached hydrogens (tertiary/aromatic N) is 2. The standard InChI is InChI=1S/C23H31N3O4/c1-18-7-9-19(10-8-18)24-23(28)16-26-13-11-25(12-14-26)15-20(27)17-30-22-6-4-3-5-21(22)29-2/h3-10,20,27H,11-17H2,1-2H3,(H,24,28)/i15D2,17D2,20D. The van der Waals surface area contributed by atoms with Crippen LogP contribution >= 0.6 is 0 Å². The topological polar surface area (TPSA) is 74.3 Å². The molecule has 1 heterocycles. The van der Waals surface area contributed by atoms with E-state index in [0.717, 1.165) is 5.56 Å². The highest BCUT2D eigenvalue weighted by molar-refractivity contribution is 5.92. The number of ether oxygens (including phenoxy) is 2. The number of amides is 1. The molecule has 1 atom stereocenters. The minimum atomic E-state index is -3.29. The molecule has 7 heteroatoms. The van der Waals surface area contributed by atoms with Crippen LogP contribution in [0.25, 0.3) is 0 Å². The minimum absolute atomic E-state index is 0.0640. The summed E-state index contributed by atoms with van der Waals surface area (Å²) in [6, 6.07) is 13.6. The van der Waals surface area contributed by atoms with Crippen molar-refractivity contribution in [3.63, 3.8) is 0 Å². The first-order valence-corrected chi connectivity index (χ1v) is 9.76. The predicted octanol–water partition coefficient (Wildman–Crippen LogP) is 2.00. The van der Waals surface area contributed by atoms with Gasteiger partial charge in [-0.25, -0.2) is 0 Å². The number of benzene rings is 2. The van der Waals surface area contributed by atoms with Gasteiger partial charge in [-0.1, -0.05) is 29.8 Å². The maximum absolute atomic E-state index is 12.4. The number of nitrogens with one attached hydrogen (secondary N) is 1. The normalized spacial score (nSPS) is 20.6. The number of hydrogen-bond acceptors (Lipinski definition) is 6. The van der Waals surface area contributed by atoms with Crippen molar-refractivity contribution < 1.29 is 26.2 Å². The molecule has 1 aliphatic rings. The second-order valence-corrected chi connectivity index (χ2v) is 6.99. The van der Waals surface area contributed by atoms with Crippen molar-refractivity contribution in [1.29, 1.82) is 0 Å². The number of aryl methyl sites for hydroxylation is 1. The summed E-state index contributed by atoms with van der Waals surface area (Å²) >= 11 is 0. The summed E-state index contributed by atoms with van der Waals surface area (Å²) in [7, 11) is 1.37. The van der Waals surface area contributed by atoms with Crippen LogP contribution in [0.1, 0.15) is 12.4 Å². The average Bonchev–Trinajstić information content (AvgIpc) is 2.81. The zero-order chi connectivity index (χ0) is 25.9. The van der Waals surface area contributed by atoms with Crippen LogP contribution in [0.3, 0.4) is 0 Å². The summed E-state index contributed by atoms with van der Waals surface area (Å²) in [6.07, 6.45) is -3.29. The van der Waals surface area contributed by atoms with Crippen LogP contribution in [0.15, 0.2) is 48.5 Å². The molecular formula is C23H31N3O4. The van der Waals surface area contributed by atoms with E-state index >= 15 is 0 Å². The fourth-order valence-corrected chi connectivity index (χ4v) is 3.04. The van der Waals surface area contributed by atoms with Gasteiger partial charge in [0.05, 0.1) is 17.8 Å². The molecule has 0 saturated carbocycles. The Morgan fingerprint density at radius 2 is 1.77 bits per heavy atom. The molecule has 0 aromatic heterocycles. The summed E-state index contributed by atoms with van der Waals surface area (Å²) in [6.45, 7) is -3.09. The smallest absolute Gasteiger partial charge is 0.238 e. The number of carbonyl (C=O) groups excluding carboxylic acids is 1. The van der Waals surface area contributed by atoms with Crippen molar-refractivity contribution in [3.8, 4) is 11.5 Å². The van der Waals surface area contributed by atoms with Crippen molar-refractivity contribution in [2.75, 3.05) is 58.2 Å². The van der Waals surface area contributed by atoms with Gasteiger partial charge in [-0.05, 0) is 31.2 Å². The molecule has 1 saturated heterocycles. The van der Waals surface area contributed by atoms with E-state index in [1.54, 1.807) is 12.1 Å². The van der Waals surface area contributed by atoms with E-state index in [1.807, 2.05) is 36.1 Å². The molecule has 0 radical (unpaired) electrons. The van der Waals surface area contributed by atoms with E-state index in [-0.39, 0.29) is 37.0 Å². The van der Waals surface area contributed by atoms with Crippen LogP contribution in [0.2, 0.25) is 0 Å². The number of anilines is 1. The molecule has 2 aromatic rings. The Morgan fingerprint density at radius 3 is 2.43 bits per heavy atom. The number of para-hydroxylation sites is 2. The van der Waals surface area contributed by atoms with Crippen LogP contribution in [-0.4, -0.2) is 79.8 Å². The Labute approximate surface area is 185 Å². The van der Waals surface area contributed by atoms with Crippen LogP contribution < -0.4 is 14.8 Å². The van der Waals surface area contributed by atoms with Gasteiger partial charge in [0.2, 0.25) is 5.91 Å². The van der Waals surface area contributed by atoms with Gasteiger partial charge in [-0.15, -0.1) is 0 Å². The van der Waals surface area contributed by atoms with E-state index in [0.29, 0.717) is 18.8 Å². The van der Waals surface area contributed by atoms with Crippen LogP contribution in [0.5, 0.6) is 11.5 Å². The fraction of sp³-hybridized carbons (Fsp3) is 0.435. The molecule has 1 unspecified atom stereocenters. The monoisotopic (exact) mass is 418 g/mol. The Kier molecular flexibility index (Phi) is 5.89. The number of carbonyl (C=O) groups is 1. The third-order valence-corrected chi connectivity index (χ3v) is 4.67. The second kappa shape index (κ2) is 11.0. The highest BCUT2D eigenvalue weighted by Crippen LogP contribution is 2.25. The summed E-state index contributed by atoms with van der Waals surface area (Å²) in [5.41, 5.74) is 1.77. The second-order valence-electron chi connectivity index (χ2n) is 6.99. The lowest BCUT2D eigenvalue weighted by Crippen LogP contribution is -2.50. The van der Waals surface area contributed by atoms with Gasteiger partial charge in [0.1, 0.15) is 12.6 Å². The molecule has 0 aliphatic carbocycles. The van der Waals surface area contributed by atoms with Gasteiger partial charge >= 0.3 is 0 Å². The molecule has 1 amide bonds. The van der Waals surface area contributed by atoms with Gasteiger partial charge < -0.3 is 19.9 Å². The first kappa shape index (κ1) is 16.1. The van der Waals surface area contributed by atoms with E-state index in [4.69, 9.17) is 16.3 Å². The molecule has 0 spiro atoms. The molecule has 2 N–H and O–H groups in total. The molecule has 7 nitrogen and oxygen atoms in total. The first-order chi connectivity index (χ1) is 16.4. The quantitative estimate of drug-likeness (QED) is 0.649. The fourth-order valence-electron chi connectivity index (χ4n) is 3.04. The number of rotatable bonds is 9. The SMILES string of the molecule is [2H]C([2H])(Oc1ccccc1OC)C([2H])(O)C([2H])([2H])N1CCN(CC(=O)Nc2ccc(C)cc2)CC1. The van der Waals surface area contributed by atoms with Gasteiger partial charge in [-0.2, -0.15) is 0 Å². The largest absolute Gasteiger partial charge is 0.493 e. The lowest BCUT2D eigenvalue weighted by atomic mass is 10.2. The summed E-state index contributed by atoms with van der Waals surface area (Å²) in [4.78, 5) is 15.4. The number of aliphatic hydroxyl groups is 1. The van der Waals surface area contributed by atoms with Crippen LogP contribution in [0, 0.1) is 6.92 Å². The number of hydrogen-bond donors (Lipinski definition) is 2. The highest BCUT2D eigenvalue weighted by Gasteiger charge is 2.21. The van der Waals surface area contributed by atoms with Crippen molar-refractivity contribution >= 4 is 11.6 Å². The maximum Gasteiger partial charge on any atom is 0.238 e. The van der Waals surface area contributed by atoms with Crippen molar-refractivity contribution in [3.05, 3.63) is 54.1 Å². The van der Waals surface area contributed by atoms with E-state index < -0.39 is 19.1 Å². The summed E-state index contributed by atoms with van der Waals surface area (Å²) in [5.74, 6) is -0.0833. The summed E-state index contributed by atoms with van der Waals surface area (Å²) in [5, 5.41) is 13.6. The number of piperazine rings is 1. The van der Waals surface area contributed by atoms with Crippen molar-refractivity contribution in [1.82, 2.24) is 9.80 Å². The molecule has 3 rings (SSSR count). The molecule has 1 fully saturated rings. The number of β-amino-alcohol motifs (C(OH)–C–C–N with tert-alkyl or cyclic N) is 1. The van der Waals surface area contributed by atoms with Gasteiger partial charge in [0.15, 0.2) is 11.5 Å². The maximum atomic E-state index is 12.4. The zero-order valence-corrected chi connectivity index (χ0v) is 17.2. The molecule has 162 valence electrons. The number of methoxy groups -OCH3 is 1. The zero-order valence-electron chi connectivity index (χ0n) is 22.2. The summed E-state index contributed by atoms with van der Waals surface area (Å²) < 4.78 is 51.8. The van der Waals surface area contributed by atoms with Gasteiger partial charge in [0.25, 0.3) is 0 Å². The molecule has 2 aromatic carbocycles. The van der Waals surface area contributed by atoms with E-state index in [9.17, 15) is 9.90 Å². The van der Waals surface area contributed by atoms with Crippen LogP contribution in [-0.2, 0) is 4.79 Å². The Morgan fingerprint density at radius 1 is 1.13 bits per heavy atom. The van der Waals surface area contributed by atoms with Gasteiger partial charge in [0, 0.05) is 41.1 Å². The van der Waals surface area contributed by atoms with Crippen molar-refractivity contribution in [2.24, 2.45) is 0 Å². The van der Waals surface area contributed by atoms with Crippen molar-refractivity contribution in [2.45, 2.75) is 13.0 Å². The third-order valence-electron chi connectivity index (χ3n) is 4.67. The van der Waals surface area contributed by atoms with Gasteiger partial charge in [-0.3, -0.25) is 14.6 Å². The average molecular weight is 419 g/mol. The highest BCUT2D eigenvalue weighted by atomic mass is 16.5. The molecule has 0 bridgehead atoms. The Balaban J connectivity index is 1.61. The van der Waals surface area contributed by atoms with Crippen LogP contribution in [0.4, 0.5) is 5.69 Å². The predicted molar refractivity (Wildman–Crippen MR) is 117 cm³/mol. The first-order valence-electron chi connectivity index (χ1n) is 12.3. The third kappa shape index (κ3) is 6.73. The minimum Gasteiger partial charge on any atom is -0.493 e. The lowest BCUT2D eigenvalue weighted by Gasteiger charge is -2.35. The molecule has 1 aliphatic heterocycles. The van der Waals surface area contributed by atoms with E-state index in [2.05, 4.69) is 5.32 Å². The molecular weight excluding hydrogens is 382 g/mol. The molecule has 30 heavy (non-hydrogen) atoms. The Bertz CT molecular complexity index is 1010. The Hall–Kier alpha value is -2.61. The van der Waals surface area contributed by atoms with E-state index in [1.165, 1.54) is 24.1 Å².